The van der Waals surface area contributed by atoms with Crippen LogP contribution in [0.15, 0.2) is 70.6 Å². The molecule has 2 N–H and O–H groups in total. The van der Waals surface area contributed by atoms with Gasteiger partial charge in [0.1, 0.15) is 11.6 Å². The number of nitrogens with zero attached hydrogens (tertiary/aromatic N) is 1. The Morgan fingerprint density at radius 3 is 2.09 bits per heavy atom. The Morgan fingerprint density at radius 1 is 0.864 bits per heavy atom. The zero-order valence-electron chi connectivity index (χ0n) is 11.5. The molecule has 0 aliphatic rings. The van der Waals surface area contributed by atoms with Crippen molar-refractivity contribution in [1.29, 1.82) is 0 Å². The van der Waals surface area contributed by atoms with Crippen LogP contribution in [-0.2, 0) is 0 Å². The van der Waals surface area contributed by atoms with Gasteiger partial charge in [0, 0.05) is 15.4 Å². The molecule has 0 atom stereocenters. The standard InChI is InChI=1S/C17H12F2N2S/c18-12-3-1-11(2-4-12)17-16(9-14(20)10-21-17)22-15-7-5-13(19)6-8-15/h1-10H,20H2. The van der Waals surface area contributed by atoms with E-state index in [0.29, 0.717) is 11.4 Å². The van der Waals surface area contributed by atoms with Crippen molar-refractivity contribution >= 4 is 17.4 Å². The number of rotatable bonds is 3. The summed E-state index contributed by atoms with van der Waals surface area (Å²) >= 11 is 1.43. The van der Waals surface area contributed by atoms with Gasteiger partial charge in [0.15, 0.2) is 0 Å². The molecule has 22 heavy (non-hydrogen) atoms. The second-order valence-electron chi connectivity index (χ2n) is 4.68. The lowest BCUT2D eigenvalue weighted by molar-refractivity contribution is 0.626. The van der Waals surface area contributed by atoms with E-state index in [-0.39, 0.29) is 11.6 Å². The Bertz CT molecular complexity index is 787. The molecule has 2 aromatic carbocycles. The van der Waals surface area contributed by atoms with E-state index in [1.54, 1.807) is 36.5 Å². The fourth-order valence-electron chi connectivity index (χ4n) is 1.99. The average Bonchev–Trinajstić information content (AvgIpc) is 2.51. The molecule has 0 saturated heterocycles. The molecule has 2 nitrogen and oxygen atoms in total. The molecule has 0 amide bonds. The van der Waals surface area contributed by atoms with Crippen molar-refractivity contribution in [2.45, 2.75) is 9.79 Å². The molecule has 0 unspecified atom stereocenters. The summed E-state index contributed by atoms with van der Waals surface area (Å²) in [5, 5.41) is 0. The molecule has 110 valence electrons. The molecule has 3 aromatic rings. The van der Waals surface area contributed by atoms with Crippen molar-refractivity contribution in [1.82, 2.24) is 4.98 Å². The first-order valence-electron chi connectivity index (χ1n) is 6.57. The maximum atomic E-state index is 13.1. The van der Waals surface area contributed by atoms with Gasteiger partial charge < -0.3 is 5.73 Å². The van der Waals surface area contributed by atoms with Gasteiger partial charge in [-0.25, -0.2) is 8.78 Å². The summed E-state index contributed by atoms with van der Waals surface area (Å²) in [5.74, 6) is -0.583. The van der Waals surface area contributed by atoms with E-state index in [2.05, 4.69) is 4.98 Å². The van der Waals surface area contributed by atoms with E-state index in [1.807, 2.05) is 0 Å². The van der Waals surface area contributed by atoms with Crippen LogP contribution >= 0.6 is 11.8 Å². The van der Waals surface area contributed by atoms with Crippen LogP contribution in [0.4, 0.5) is 14.5 Å². The Morgan fingerprint density at radius 2 is 1.45 bits per heavy atom. The summed E-state index contributed by atoms with van der Waals surface area (Å²) in [6.45, 7) is 0. The molecule has 1 heterocycles. The number of pyridine rings is 1. The highest BCUT2D eigenvalue weighted by molar-refractivity contribution is 7.99. The van der Waals surface area contributed by atoms with Crippen LogP contribution in [-0.4, -0.2) is 4.98 Å². The fourth-order valence-corrected chi connectivity index (χ4v) is 2.98. The van der Waals surface area contributed by atoms with Crippen molar-refractivity contribution in [2.75, 3.05) is 5.73 Å². The maximum Gasteiger partial charge on any atom is 0.123 e. The van der Waals surface area contributed by atoms with Gasteiger partial charge >= 0.3 is 0 Å². The largest absolute Gasteiger partial charge is 0.397 e. The van der Waals surface area contributed by atoms with Crippen LogP contribution < -0.4 is 5.73 Å². The zero-order chi connectivity index (χ0) is 15.5. The smallest absolute Gasteiger partial charge is 0.123 e. The number of hydrogen-bond acceptors (Lipinski definition) is 3. The van der Waals surface area contributed by atoms with Crippen LogP contribution in [0.25, 0.3) is 11.3 Å². The Labute approximate surface area is 131 Å². The van der Waals surface area contributed by atoms with Crippen molar-refractivity contribution in [2.24, 2.45) is 0 Å². The molecule has 0 aliphatic carbocycles. The summed E-state index contributed by atoms with van der Waals surface area (Å²) in [7, 11) is 0. The lowest BCUT2D eigenvalue weighted by atomic mass is 10.1. The van der Waals surface area contributed by atoms with Gasteiger partial charge in [0.25, 0.3) is 0 Å². The summed E-state index contributed by atoms with van der Waals surface area (Å²) in [6, 6.07) is 14.1. The predicted octanol–water partition coefficient (Wildman–Crippen LogP) is 4.76. The van der Waals surface area contributed by atoms with Gasteiger partial charge in [0.2, 0.25) is 0 Å². The average molecular weight is 314 g/mol. The highest BCUT2D eigenvalue weighted by atomic mass is 32.2. The quantitative estimate of drug-likeness (QED) is 0.757. The minimum Gasteiger partial charge on any atom is -0.397 e. The van der Waals surface area contributed by atoms with Gasteiger partial charge in [-0.05, 0) is 54.6 Å². The molecule has 0 saturated carbocycles. The van der Waals surface area contributed by atoms with Gasteiger partial charge in [-0.1, -0.05) is 11.8 Å². The van der Waals surface area contributed by atoms with Gasteiger partial charge in [0.05, 0.1) is 17.6 Å². The molecule has 0 fully saturated rings. The molecule has 3 rings (SSSR count). The minimum atomic E-state index is -0.299. The molecule has 1 aromatic heterocycles. The highest BCUT2D eigenvalue weighted by Gasteiger charge is 2.10. The first kappa shape index (κ1) is 14.5. The molecule has 0 bridgehead atoms. The molecule has 5 heteroatoms. The second kappa shape index (κ2) is 6.15. The van der Waals surface area contributed by atoms with E-state index in [4.69, 9.17) is 5.73 Å². The van der Waals surface area contributed by atoms with Crippen LogP contribution in [0, 0.1) is 11.6 Å². The minimum absolute atomic E-state index is 0.284. The lowest BCUT2D eigenvalue weighted by Gasteiger charge is -2.09. The number of nitrogen functional groups attached to an aromatic ring is 1. The van der Waals surface area contributed by atoms with Crippen molar-refractivity contribution in [3.8, 4) is 11.3 Å². The van der Waals surface area contributed by atoms with Gasteiger partial charge in [-0.15, -0.1) is 0 Å². The number of hydrogen-bond donors (Lipinski definition) is 1. The van der Waals surface area contributed by atoms with Crippen LogP contribution in [0.5, 0.6) is 0 Å². The Hall–Kier alpha value is -2.40. The lowest BCUT2D eigenvalue weighted by Crippen LogP contribution is -1.92. The molecule has 0 spiro atoms. The SMILES string of the molecule is Nc1cnc(-c2ccc(F)cc2)c(Sc2ccc(F)cc2)c1. The van der Waals surface area contributed by atoms with Crippen LogP contribution in [0.1, 0.15) is 0 Å². The summed E-state index contributed by atoms with van der Waals surface area (Å²) < 4.78 is 26.1. The molecular weight excluding hydrogens is 302 g/mol. The first-order valence-corrected chi connectivity index (χ1v) is 7.38. The summed E-state index contributed by atoms with van der Waals surface area (Å²) in [5.41, 5.74) is 7.86. The van der Waals surface area contributed by atoms with E-state index in [9.17, 15) is 8.78 Å². The number of benzene rings is 2. The van der Waals surface area contributed by atoms with Crippen molar-refractivity contribution < 1.29 is 8.78 Å². The van der Waals surface area contributed by atoms with Crippen molar-refractivity contribution in [3.05, 3.63) is 72.4 Å². The summed E-state index contributed by atoms with van der Waals surface area (Å²) in [4.78, 5) is 6.05. The van der Waals surface area contributed by atoms with E-state index >= 15 is 0 Å². The van der Waals surface area contributed by atoms with E-state index < -0.39 is 0 Å². The van der Waals surface area contributed by atoms with Crippen LogP contribution in [0.3, 0.4) is 0 Å². The van der Waals surface area contributed by atoms with E-state index in [0.717, 1.165) is 15.4 Å². The van der Waals surface area contributed by atoms with Gasteiger partial charge in [-0.3, -0.25) is 4.98 Å². The highest BCUT2D eigenvalue weighted by Crippen LogP contribution is 2.35. The third-order valence-corrected chi connectivity index (χ3v) is 4.07. The van der Waals surface area contributed by atoms with Crippen molar-refractivity contribution in [3.63, 3.8) is 0 Å². The normalized spacial score (nSPS) is 10.6. The fraction of sp³-hybridized carbons (Fsp3) is 0. The maximum absolute atomic E-state index is 13.1. The van der Waals surface area contributed by atoms with Gasteiger partial charge in [-0.2, -0.15) is 0 Å². The third-order valence-electron chi connectivity index (χ3n) is 3.03. The van der Waals surface area contributed by atoms with E-state index in [1.165, 1.54) is 36.0 Å². The molecular formula is C17H12F2N2S. The topological polar surface area (TPSA) is 38.9 Å². The zero-order valence-corrected chi connectivity index (χ0v) is 12.3. The van der Waals surface area contributed by atoms with Crippen LogP contribution in [0.2, 0.25) is 0 Å². The summed E-state index contributed by atoms with van der Waals surface area (Å²) in [6.07, 6.45) is 1.56. The monoisotopic (exact) mass is 314 g/mol. The Kier molecular flexibility index (Phi) is 4.06. The Balaban J connectivity index is 2.00. The second-order valence-corrected chi connectivity index (χ2v) is 5.79. The number of halogens is 2. The number of aromatic nitrogens is 1. The predicted molar refractivity (Wildman–Crippen MR) is 84.6 cm³/mol. The molecule has 0 radical (unpaired) electrons. The number of nitrogens with two attached hydrogens (primary N) is 1. The third kappa shape index (κ3) is 3.26. The first-order chi connectivity index (χ1) is 10.6. The number of anilines is 1. The molecule has 0 aliphatic heterocycles.